The average molecular weight is 401 g/mol. The van der Waals surface area contributed by atoms with Crippen LogP contribution in [-0.2, 0) is 9.47 Å². The number of morpholine rings is 1. The van der Waals surface area contributed by atoms with Gasteiger partial charge in [0.25, 0.3) is 0 Å². The highest BCUT2D eigenvalue weighted by atomic mass is 19.1. The van der Waals surface area contributed by atoms with Gasteiger partial charge in [0.05, 0.1) is 36.6 Å². The predicted molar refractivity (Wildman–Crippen MR) is 107 cm³/mol. The number of methoxy groups -OCH3 is 1. The van der Waals surface area contributed by atoms with Gasteiger partial charge in [-0.25, -0.2) is 14.4 Å². The second-order valence-corrected chi connectivity index (χ2v) is 7.22. The van der Waals surface area contributed by atoms with Crippen LogP contribution in [0.15, 0.2) is 24.5 Å². The molecule has 0 amide bonds. The number of benzene rings is 1. The zero-order valence-electron chi connectivity index (χ0n) is 16.7. The van der Waals surface area contributed by atoms with E-state index in [1.165, 1.54) is 12.4 Å². The van der Waals surface area contributed by atoms with E-state index in [9.17, 15) is 4.39 Å². The van der Waals surface area contributed by atoms with Crippen molar-refractivity contribution in [3.63, 3.8) is 0 Å². The van der Waals surface area contributed by atoms with E-state index in [2.05, 4.69) is 25.1 Å². The van der Waals surface area contributed by atoms with Gasteiger partial charge in [-0.05, 0) is 19.9 Å². The number of aromatic nitrogens is 4. The molecule has 9 heteroatoms. The molecular formula is C20H24FN5O3. The Morgan fingerprint density at radius 2 is 2.17 bits per heavy atom. The fraction of sp³-hybridized carbons (Fsp3) is 0.450. The van der Waals surface area contributed by atoms with Crippen molar-refractivity contribution in [3.8, 4) is 17.1 Å². The molecule has 1 N–H and O–H groups in total. The van der Waals surface area contributed by atoms with E-state index in [-0.39, 0.29) is 18.0 Å². The maximum absolute atomic E-state index is 14.3. The van der Waals surface area contributed by atoms with Gasteiger partial charge in [-0.2, -0.15) is 5.10 Å². The normalized spacial score (nSPS) is 17.3. The Hall–Kier alpha value is -2.78. The Kier molecular flexibility index (Phi) is 5.59. The first-order chi connectivity index (χ1) is 14.0. The minimum absolute atomic E-state index is 0.00269. The van der Waals surface area contributed by atoms with E-state index in [1.54, 1.807) is 13.2 Å². The monoisotopic (exact) mass is 401 g/mol. The molecule has 1 aromatic carbocycles. The first-order valence-corrected chi connectivity index (χ1v) is 9.57. The number of nitrogens with zero attached hydrogens (tertiary/aromatic N) is 4. The lowest BCUT2D eigenvalue weighted by molar-refractivity contribution is -0.0102. The maximum Gasteiger partial charge on any atom is 0.167 e. The van der Waals surface area contributed by atoms with Crippen molar-refractivity contribution in [2.75, 3.05) is 38.3 Å². The topological polar surface area (TPSA) is 85.4 Å². The van der Waals surface area contributed by atoms with Gasteiger partial charge in [0.2, 0.25) is 0 Å². The van der Waals surface area contributed by atoms with Gasteiger partial charge in [-0.15, -0.1) is 0 Å². The molecule has 1 atom stereocenters. The molecule has 0 aliphatic carbocycles. The van der Waals surface area contributed by atoms with Gasteiger partial charge < -0.3 is 19.1 Å². The molecule has 2 aromatic heterocycles. The molecule has 0 radical (unpaired) electrons. The lowest BCUT2D eigenvalue weighted by Gasteiger charge is -2.33. The van der Waals surface area contributed by atoms with Gasteiger partial charge >= 0.3 is 0 Å². The highest BCUT2D eigenvalue weighted by molar-refractivity contribution is 5.93. The van der Waals surface area contributed by atoms with Crippen LogP contribution in [0.2, 0.25) is 0 Å². The van der Waals surface area contributed by atoms with Crippen LogP contribution in [0.1, 0.15) is 13.8 Å². The molecule has 0 saturated carbocycles. The van der Waals surface area contributed by atoms with Crippen LogP contribution < -0.4 is 9.64 Å². The fourth-order valence-electron chi connectivity index (χ4n) is 3.42. The molecule has 29 heavy (non-hydrogen) atoms. The highest BCUT2D eigenvalue weighted by Crippen LogP contribution is 2.31. The third-order valence-corrected chi connectivity index (χ3v) is 4.69. The van der Waals surface area contributed by atoms with Crippen LogP contribution in [-0.4, -0.2) is 65.8 Å². The van der Waals surface area contributed by atoms with E-state index in [4.69, 9.17) is 14.2 Å². The maximum atomic E-state index is 14.3. The van der Waals surface area contributed by atoms with E-state index < -0.39 is 5.82 Å². The summed E-state index contributed by atoms with van der Waals surface area (Å²) in [5, 5.41) is 7.97. The molecule has 154 valence electrons. The van der Waals surface area contributed by atoms with Gasteiger partial charge in [0.15, 0.2) is 11.6 Å². The van der Waals surface area contributed by atoms with Crippen LogP contribution in [0.4, 0.5) is 10.2 Å². The Morgan fingerprint density at radius 1 is 1.31 bits per heavy atom. The summed E-state index contributed by atoms with van der Waals surface area (Å²) < 4.78 is 30.8. The summed E-state index contributed by atoms with van der Waals surface area (Å²) >= 11 is 0. The minimum Gasteiger partial charge on any atom is -0.488 e. The molecule has 1 unspecified atom stereocenters. The third-order valence-electron chi connectivity index (χ3n) is 4.69. The largest absolute Gasteiger partial charge is 0.488 e. The van der Waals surface area contributed by atoms with Crippen LogP contribution in [0.3, 0.4) is 0 Å². The van der Waals surface area contributed by atoms with Crippen molar-refractivity contribution < 1.29 is 18.6 Å². The number of halogens is 1. The molecule has 0 bridgehead atoms. The summed E-state index contributed by atoms with van der Waals surface area (Å²) in [7, 11) is 1.66. The zero-order valence-corrected chi connectivity index (χ0v) is 16.7. The summed E-state index contributed by atoms with van der Waals surface area (Å²) in [5.41, 5.74) is 1.86. The summed E-state index contributed by atoms with van der Waals surface area (Å²) in [6.07, 6.45) is 1.38. The van der Waals surface area contributed by atoms with Crippen molar-refractivity contribution in [1.82, 2.24) is 20.2 Å². The second-order valence-electron chi connectivity index (χ2n) is 7.22. The average Bonchev–Trinajstić information content (AvgIpc) is 3.11. The quantitative estimate of drug-likeness (QED) is 0.680. The lowest BCUT2D eigenvalue weighted by atomic mass is 10.1. The zero-order chi connectivity index (χ0) is 20.4. The van der Waals surface area contributed by atoms with Gasteiger partial charge in [0.1, 0.15) is 17.8 Å². The number of rotatable bonds is 6. The summed E-state index contributed by atoms with van der Waals surface area (Å²) in [6.45, 7) is 6.26. The first kappa shape index (κ1) is 19.5. The number of aromatic amines is 1. The van der Waals surface area contributed by atoms with E-state index in [1.807, 2.05) is 19.9 Å². The number of anilines is 1. The van der Waals surface area contributed by atoms with E-state index in [0.717, 1.165) is 17.7 Å². The molecule has 0 spiro atoms. The van der Waals surface area contributed by atoms with E-state index in [0.29, 0.717) is 36.7 Å². The Balaban J connectivity index is 1.67. The number of H-pyrrole nitrogens is 1. The van der Waals surface area contributed by atoms with Crippen molar-refractivity contribution in [1.29, 1.82) is 0 Å². The standard InChI is InChI=1S/C20H24FN5O3/c1-12(2)29-18-6-14-16(7-15(18)21)24-25-20(14)17-8-19(23-11-22-17)26-4-5-28-13(9-26)10-27-3/h6-8,11-13H,4-5,9-10H2,1-3H3,(H,24,25). The molecule has 1 saturated heterocycles. The van der Waals surface area contributed by atoms with Crippen LogP contribution in [0, 0.1) is 5.82 Å². The second kappa shape index (κ2) is 8.30. The van der Waals surface area contributed by atoms with Crippen molar-refractivity contribution in [2.24, 2.45) is 0 Å². The highest BCUT2D eigenvalue weighted by Gasteiger charge is 2.22. The third kappa shape index (κ3) is 4.15. The van der Waals surface area contributed by atoms with Crippen molar-refractivity contribution in [2.45, 2.75) is 26.1 Å². The molecule has 1 aliphatic rings. The smallest absolute Gasteiger partial charge is 0.167 e. The number of hydrogen-bond donors (Lipinski definition) is 1. The molecule has 8 nitrogen and oxygen atoms in total. The SMILES string of the molecule is COCC1CN(c2cc(-c3n[nH]c4cc(F)c(OC(C)C)cc34)ncn2)CCO1. The number of nitrogens with one attached hydrogen (secondary N) is 1. The Morgan fingerprint density at radius 3 is 2.97 bits per heavy atom. The van der Waals surface area contributed by atoms with Crippen LogP contribution >= 0.6 is 0 Å². The minimum atomic E-state index is -0.428. The fourth-order valence-corrected chi connectivity index (χ4v) is 3.42. The number of ether oxygens (including phenoxy) is 3. The number of fused-ring (bicyclic) bond motifs is 1. The number of hydrogen-bond acceptors (Lipinski definition) is 7. The van der Waals surface area contributed by atoms with Gasteiger partial charge in [0, 0.05) is 37.7 Å². The summed E-state index contributed by atoms with van der Waals surface area (Å²) in [6, 6.07) is 4.94. The molecule has 3 aromatic rings. The lowest BCUT2D eigenvalue weighted by Crippen LogP contribution is -2.44. The molecule has 1 fully saturated rings. The van der Waals surface area contributed by atoms with E-state index >= 15 is 0 Å². The Bertz CT molecular complexity index is 991. The molecular weight excluding hydrogens is 377 g/mol. The molecule has 3 heterocycles. The predicted octanol–water partition coefficient (Wildman–Crippen LogP) is 2.80. The van der Waals surface area contributed by atoms with Crippen molar-refractivity contribution in [3.05, 3.63) is 30.3 Å². The summed E-state index contributed by atoms with van der Waals surface area (Å²) in [4.78, 5) is 10.9. The molecule has 1 aliphatic heterocycles. The summed E-state index contributed by atoms with van der Waals surface area (Å²) in [5.74, 6) is 0.554. The van der Waals surface area contributed by atoms with Crippen LogP contribution in [0.25, 0.3) is 22.3 Å². The van der Waals surface area contributed by atoms with Gasteiger partial charge in [-0.3, -0.25) is 5.10 Å². The first-order valence-electron chi connectivity index (χ1n) is 9.57. The molecule has 4 rings (SSSR count). The Labute approximate surface area is 168 Å². The van der Waals surface area contributed by atoms with Crippen LogP contribution in [0.5, 0.6) is 5.75 Å². The van der Waals surface area contributed by atoms with Gasteiger partial charge in [-0.1, -0.05) is 0 Å². The van der Waals surface area contributed by atoms with Crippen molar-refractivity contribution >= 4 is 16.7 Å².